The normalized spacial score (nSPS) is 12.0. The highest BCUT2D eigenvalue weighted by Gasteiger charge is 2.36. The third kappa shape index (κ3) is 4.47. The molecule has 2 N–H and O–H groups in total. The van der Waals surface area contributed by atoms with Crippen LogP contribution in [0.1, 0.15) is 31.1 Å². The number of urea groups is 1. The Labute approximate surface area is 152 Å². The number of nitrogens with one attached hydrogen (secondary N) is 2. The van der Waals surface area contributed by atoms with Crippen LogP contribution in [0.15, 0.2) is 60.7 Å². The van der Waals surface area contributed by atoms with E-state index in [1.165, 1.54) is 7.05 Å². The summed E-state index contributed by atoms with van der Waals surface area (Å²) in [5.41, 5.74) is 0.288. The molecule has 0 aliphatic carbocycles. The number of carbonyl (C=O) groups is 3. The fourth-order valence-corrected chi connectivity index (χ4v) is 2.37. The van der Waals surface area contributed by atoms with E-state index < -0.39 is 29.4 Å². The van der Waals surface area contributed by atoms with Gasteiger partial charge in [-0.05, 0) is 19.4 Å². The Hall–Kier alpha value is -3.15. The summed E-state index contributed by atoms with van der Waals surface area (Å²) in [5.74, 6) is -1.28. The Morgan fingerprint density at radius 3 is 2.00 bits per heavy atom. The third-order valence-electron chi connectivity index (χ3n) is 4.03. The predicted molar refractivity (Wildman–Crippen MR) is 97.3 cm³/mol. The number of hydrogen-bond acceptors (Lipinski definition) is 4. The van der Waals surface area contributed by atoms with E-state index in [0.29, 0.717) is 5.56 Å². The molecule has 0 fully saturated rings. The van der Waals surface area contributed by atoms with Crippen LogP contribution in [0, 0.1) is 0 Å². The lowest BCUT2D eigenvalue weighted by molar-refractivity contribution is -0.160. The average molecular weight is 354 g/mol. The van der Waals surface area contributed by atoms with Gasteiger partial charge in [0.25, 0.3) is 5.91 Å². The maximum Gasteiger partial charge on any atom is 0.321 e. The van der Waals surface area contributed by atoms with Crippen LogP contribution in [0.4, 0.5) is 4.79 Å². The molecule has 0 aromatic heterocycles. The molecule has 0 aliphatic rings. The van der Waals surface area contributed by atoms with Gasteiger partial charge in [-0.2, -0.15) is 0 Å². The zero-order chi connectivity index (χ0) is 19.2. The number of benzene rings is 2. The molecule has 0 aliphatic heterocycles. The Kier molecular flexibility index (Phi) is 6.11. The number of ether oxygens (including phenoxy) is 1. The van der Waals surface area contributed by atoms with Gasteiger partial charge in [0.15, 0.2) is 0 Å². The lowest BCUT2D eigenvalue weighted by Crippen LogP contribution is -2.42. The monoisotopic (exact) mass is 354 g/mol. The minimum atomic E-state index is -1.23. The summed E-state index contributed by atoms with van der Waals surface area (Å²) in [4.78, 5) is 36.7. The summed E-state index contributed by atoms with van der Waals surface area (Å²) in [6.45, 7) is 3.45. The van der Waals surface area contributed by atoms with Crippen molar-refractivity contribution in [3.8, 4) is 0 Å². The zero-order valence-electron chi connectivity index (χ0n) is 15.0. The number of imide groups is 1. The summed E-state index contributed by atoms with van der Waals surface area (Å²) in [6.07, 6.45) is -1.23. The molecule has 3 amide bonds. The molecule has 2 aromatic carbocycles. The number of esters is 1. The average Bonchev–Trinajstić information content (AvgIpc) is 2.66. The van der Waals surface area contributed by atoms with Gasteiger partial charge in [0.05, 0.1) is 5.41 Å². The predicted octanol–water partition coefficient (Wildman–Crippen LogP) is 2.70. The highest BCUT2D eigenvalue weighted by Crippen LogP contribution is 2.28. The zero-order valence-corrected chi connectivity index (χ0v) is 15.0. The summed E-state index contributed by atoms with van der Waals surface area (Å²) >= 11 is 0. The standard InChI is InChI=1S/C20H22N2O4/c1-20(2,15-12-8-5-9-13-15)18(24)26-16(14-10-6-4-7-11-14)17(23)22-19(25)21-3/h4-13,16H,1-3H3,(H2,21,22,23,25)/t16-/m0/s1. The van der Waals surface area contributed by atoms with Gasteiger partial charge >= 0.3 is 12.0 Å². The highest BCUT2D eigenvalue weighted by atomic mass is 16.5. The van der Waals surface area contributed by atoms with Crippen molar-refractivity contribution >= 4 is 17.9 Å². The summed E-state index contributed by atoms with van der Waals surface area (Å²) in [5, 5.41) is 4.46. The molecule has 2 rings (SSSR count). The quantitative estimate of drug-likeness (QED) is 0.809. The molecular formula is C20H22N2O4. The molecule has 2 aromatic rings. The second-order valence-electron chi connectivity index (χ2n) is 6.26. The molecule has 0 bridgehead atoms. The van der Waals surface area contributed by atoms with E-state index in [1.54, 1.807) is 44.2 Å². The molecule has 0 spiro atoms. The highest BCUT2D eigenvalue weighted by molar-refractivity contribution is 5.98. The van der Waals surface area contributed by atoms with Gasteiger partial charge in [-0.1, -0.05) is 60.7 Å². The summed E-state index contributed by atoms with van der Waals surface area (Å²) in [6, 6.07) is 17.1. The summed E-state index contributed by atoms with van der Waals surface area (Å²) < 4.78 is 5.53. The minimum Gasteiger partial charge on any atom is -0.447 e. The van der Waals surface area contributed by atoms with Crippen molar-refractivity contribution in [3.63, 3.8) is 0 Å². The largest absolute Gasteiger partial charge is 0.447 e. The molecule has 6 nitrogen and oxygen atoms in total. The van der Waals surface area contributed by atoms with Gasteiger partial charge in [-0.25, -0.2) is 4.79 Å². The van der Waals surface area contributed by atoms with Gasteiger partial charge < -0.3 is 10.1 Å². The number of rotatable bonds is 5. The Morgan fingerprint density at radius 1 is 0.923 bits per heavy atom. The molecule has 6 heteroatoms. The fraction of sp³-hybridized carbons (Fsp3) is 0.250. The Morgan fingerprint density at radius 2 is 1.46 bits per heavy atom. The maximum atomic E-state index is 12.8. The van der Waals surface area contributed by atoms with Crippen LogP contribution in [0.25, 0.3) is 0 Å². The van der Waals surface area contributed by atoms with Gasteiger partial charge in [-0.15, -0.1) is 0 Å². The second-order valence-corrected chi connectivity index (χ2v) is 6.26. The molecule has 0 saturated carbocycles. The smallest absolute Gasteiger partial charge is 0.321 e. The van der Waals surface area contributed by atoms with E-state index in [0.717, 1.165) is 5.56 Å². The van der Waals surface area contributed by atoms with E-state index in [1.807, 2.05) is 30.3 Å². The van der Waals surface area contributed by atoms with Gasteiger partial charge in [-0.3, -0.25) is 14.9 Å². The lowest BCUT2D eigenvalue weighted by atomic mass is 9.85. The van der Waals surface area contributed by atoms with Crippen molar-refractivity contribution in [2.24, 2.45) is 0 Å². The van der Waals surface area contributed by atoms with Crippen molar-refractivity contribution in [2.75, 3.05) is 7.05 Å². The molecular weight excluding hydrogens is 332 g/mol. The van der Waals surface area contributed by atoms with Crippen LogP contribution < -0.4 is 10.6 Å². The van der Waals surface area contributed by atoms with E-state index in [9.17, 15) is 14.4 Å². The first-order valence-corrected chi connectivity index (χ1v) is 8.20. The number of amides is 3. The Bertz CT molecular complexity index is 773. The number of carbonyl (C=O) groups excluding carboxylic acids is 3. The van der Waals surface area contributed by atoms with Gasteiger partial charge in [0.1, 0.15) is 0 Å². The first-order chi connectivity index (χ1) is 12.4. The second kappa shape index (κ2) is 8.29. The lowest BCUT2D eigenvalue weighted by Gasteiger charge is -2.26. The van der Waals surface area contributed by atoms with Crippen molar-refractivity contribution in [1.29, 1.82) is 0 Å². The molecule has 26 heavy (non-hydrogen) atoms. The maximum absolute atomic E-state index is 12.8. The summed E-state index contributed by atoms with van der Waals surface area (Å²) in [7, 11) is 1.39. The van der Waals surface area contributed by atoms with Crippen LogP contribution >= 0.6 is 0 Å². The van der Waals surface area contributed by atoms with Crippen LogP contribution in [-0.4, -0.2) is 25.0 Å². The van der Waals surface area contributed by atoms with Crippen LogP contribution in [-0.2, 0) is 19.7 Å². The van der Waals surface area contributed by atoms with Gasteiger partial charge in [0, 0.05) is 12.6 Å². The minimum absolute atomic E-state index is 0.478. The van der Waals surface area contributed by atoms with Gasteiger partial charge in [0.2, 0.25) is 6.10 Å². The van der Waals surface area contributed by atoms with E-state index >= 15 is 0 Å². The molecule has 0 heterocycles. The SMILES string of the molecule is CNC(=O)NC(=O)[C@@H](OC(=O)C(C)(C)c1ccccc1)c1ccccc1. The first kappa shape index (κ1) is 19.2. The fourth-order valence-electron chi connectivity index (χ4n) is 2.37. The van der Waals surface area contributed by atoms with E-state index in [4.69, 9.17) is 4.74 Å². The molecule has 0 saturated heterocycles. The van der Waals surface area contributed by atoms with Crippen LogP contribution in [0.2, 0.25) is 0 Å². The first-order valence-electron chi connectivity index (χ1n) is 8.20. The van der Waals surface area contributed by atoms with Crippen molar-refractivity contribution in [1.82, 2.24) is 10.6 Å². The molecule has 1 atom stereocenters. The van der Waals surface area contributed by atoms with E-state index in [-0.39, 0.29) is 0 Å². The van der Waals surface area contributed by atoms with Crippen molar-refractivity contribution in [3.05, 3.63) is 71.8 Å². The van der Waals surface area contributed by atoms with Crippen molar-refractivity contribution in [2.45, 2.75) is 25.4 Å². The molecule has 0 unspecified atom stereocenters. The third-order valence-corrected chi connectivity index (χ3v) is 4.03. The van der Waals surface area contributed by atoms with Crippen LogP contribution in [0.3, 0.4) is 0 Å². The topological polar surface area (TPSA) is 84.5 Å². The van der Waals surface area contributed by atoms with Crippen molar-refractivity contribution < 1.29 is 19.1 Å². The Balaban J connectivity index is 2.27. The number of hydrogen-bond donors (Lipinski definition) is 2. The molecule has 0 radical (unpaired) electrons. The van der Waals surface area contributed by atoms with Crippen LogP contribution in [0.5, 0.6) is 0 Å². The van der Waals surface area contributed by atoms with E-state index in [2.05, 4.69) is 10.6 Å². The molecule has 136 valence electrons.